The Morgan fingerprint density at radius 2 is 2.19 bits per heavy atom. The van der Waals surface area contributed by atoms with Crippen LogP contribution in [0.1, 0.15) is 49.3 Å². The quantitative estimate of drug-likeness (QED) is 0.773. The number of nitrogens with zero attached hydrogens (tertiary/aromatic N) is 2. The summed E-state index contributed by atoms with van der Waals surface area (Å²) in [5, 5.41) is 7.82. The average Bonchev–Trinajstić information content (AvgIpc) is 2.87. The zero-order valence-electron chi connectivity index (χ0n) is 10.5. The number of aromatic nitrogens is 2. The van der Waals surface area contributed by atoms with Gasteiger partial charge < -0.3 is 5.32 Å². The minimum Gasteiger partial charge on any atom is -0.320 e. The van der Waals surface area contributed by atoms with Crippen LogP contribution in [0, 0.1) is 0 Å². The summed E-state index contributed by atoms with van der Waals surface area (Å²) in [6.07, 6.45) is 10.1. The van der Waals surface area contributed by atoms with Crippen LogP contribution in [0.25, 0.3) is 0 Å². The molecule has 0 aromatic carbocycles. The predicted molar refractivity (Wildman–Crippen MR) is 66.7 cm³/mol. The van der Waals surface area contributed by atoms with Gasteiger partial charge >= 0.3 is 0 Å². The standard InChI is InChI=1S/C13H23N3/c1-14-9-5-8-13-12(10-16(2)15-13)11-6-3-4-7-11/h10-11,14H,3-9H2,1-2H3. The van der Waals surface area contributed by atoms with E-state index in [4.69, 9.17) is 0 Å². The van der Waals surface area contributed by atoms with Gasteiger partial charge in [-0.2, -0.15) is 5.10 Å². The number of hydrogen-bond donors (Lipinski definition) is 1. The maximum atomic E-state index is 4.62. The summed E-state index contributed by atoms with van der Waals surface area (Å²) in [6.45, 7) is 1.08. The van der Waals surface area contributed by atoms with E-state index in [0.717, 1.165) is 18.9 Å². The number of nitrogens with one attached hydrogen (secondary N) is 1. The second-order valence-electron chi connectivity index (χ2n) is 4.89. The second-order valence-corrected chi connectivity index (χ2v) is 4.89. The van der Waals surface area contributed by atoms with Crippen molar-refractivity contribution in [2.24, 2.45) is 7.05 Å². The number of aryl methyl sites for hydroxylation is 2. The molecule has 0 aliphatic heterocycles. The monoisotopic (exact) mass is 221 g/mol. The molecule has 0 saturated heterocycles. The van der Waals surface area contributed by atoms with Crippen molar-refractivity contribution >= 4 is 0 Å². The zero-order chi connectivity index (χ0) is 11.4. The summed E-state index contributed by atoms with van der Waals surface area (Å²) in [7, 11) is 4.05. The summed E-state index contributed by atoms with van der Waals surface area (Å²) in [6, 6.07) is 0. The zero-order valence-corrected chi connectivity index (χ0v) is 10.5. The van der Waals surface area contributed by atoms with E-state index in [1.165, 1.54) is 43.4 Å². The van der Waals surface area contributed by atoms with Crippen LogP contribution in [0.3, 0.4) is 0 Å². The fraction of sp³-hybridized carbons (Fsp3) is 0.769. The number of rotatable bonds is 5. The summed E-state index contributed by atoms with van der Waals surface area (Å²) in [5.74, 6) is 0.790. The first kappa shape index (κ1) is 11.6. The largest absolute Gasteiger partial charge is 0.320 e. The van der Waals surface area contributed by atoms with Crippen molar-refractivity contribution in [3.8, 4) is 0 Å². The van der Waals surface area contributed by atoms with Gasteiger partial charge in [0.2, 0.25) is 0 Å². The molecule has 1 fully saturated rings. The Morgan fingerprint density at radius 1 is 1.44 bits per heavy atom. The van der Waals surface area contributed by atoms with Gasteiger partial charge in [0.25, 0.3) is 0 Å². The maximum absolute atomic E-state index is 4.62. The summed E-state index contributed by atoms with van der Waals surface area (Å²) < 4.78 is 1.99. The van der Waals surface area contributed by atoms with Crippen molar-refractivity contribution < 1.29 is 0 Å². The van der Waals surface area contributed by atoms with Crippen molar-refractivity contribution in [1.29, 1.82) is 0 Å². The summed E-state index contributed by atoms with van der Waals surface area (Å²) in [5.41, 5.74) is 2.86. The van der Waals surface area contributed by atoms with Crippen molar-refractivity contribution in [3.05, 3.63) is 17.5 Å². The molecule has 1 aliphatic carbocycles. The molecule has 1 aromatic rings. The van der Waals surface area contributed by atoms with Crippen LogP contribution in [-0.2, 0) is 13.5 Å². The normalized spacial score (nSPS) is 17.1. The molecule has 3 nitrogen and oxygen atoms in total. The Bertz CT molecular complexity index is 324. The molecule has 1 N–H and O–H groups in total. The third kappa shape index (κ3) is 2.64. The topological polar surface area (TPSA) is 29.9 Å². The second kappa shape index (κ2) is 5.48. The van der Waals surface area contributed by atoms with E-state index in [1.54, 1.807) is 0 Å². The summed E-state index contributed by atoms with van der Waals surface area (Å²) in [4.78, 5) is 0. The maximum Gasteiger partial charge on any atom is 0.0659 e. The molecule has 2 rings (SSSR count). The highest BCUT2D eigenvalue weighted by Gasteiger charge is 2.21. The fourth-order valence-electron chi connectivity index (χ4n) is 2.76. The minimum absolute atomic E-state index is 0.790. The molecule has 0 atom stereocenters. The number of hydrogen-bond acceptors (Lipinski definition) is 2. The molecule has 0 unspecified atom stereocenters. The molecular weight excluding hydrogens is 198 g/mol. The molecule has 0 bridgehead atoms. The van der Waals surface area contributed by atoms with Crippen LogP contribution in [0.15, 0.2) is 6.20 Å². The van der Waals surface area contributed by atoms with E-state index in [1.807, 2.05) is 18.8 Å². The van der Waals surface area contributed by atoms with Crippen molar-refractivity contribution in [2.75, 3.05) is 13.6 Å². The first-order valence-electron chi connectivity index (χ1n) is 6.48. The van der Waals surface area contributed by atoms with Crippen molar-refractivity contribution in [3.63, 3.8) is 0 Å². The van der Waals surface area contributed by atoms with E-state index in [9.17, 15) is 0 Å². The lowest BCUT2D eigenvalue weighted by molar-refractivity contribution is 0.675. The SMILES string of the molecule is CNCCCc1nn(C)cc1C1CCCC1. The lowest BCUT2D eigenvalue weighted by Gasteiger charge is -2.08. The van der Waals surface area contributed by atoms with E-state index < -0.39 is 0 Å². The van der Waals surface area contributed by atoms with Crippen molar-refractivity contribution in [2.45, 2.75) is 44.4 Å². The molecule has 90 valence electrons. The fourth-order valence-corrected chi connectivity index (χ4v) is 2.76. The van der Waals surface area contributed by atoms with Gasteiger partial charge in [-0.05, 0) is 50.8 Å². The third-order valence-corrected chi connectivity index (χ3v) is 3.57. The molecule has 0 spiro atoms. The Kier molecular flexibility index (Phi) is 3.99. The highest BCUT2D eigenvalue weighted by atomic mass is 15.2. The van der Waals surface area contributed by atoms with Crippen molar-refractivity contribution in [1.82, 2.24) is 15.1 Å². The molecule has 3 heteroatoms. The smallest absolute Gasteiger partial charge is 0.0659 e. The van der Waals surface area contributed by atoms with Crippen LogP contribution in [0.5, 0.6) is 0 Å². The van der Waals surface area contributed by atoms with Gasteiger partial charge in [0, 0.05) is 13.2 Å². The molecule has 1 saturated carbocycles. The first-order chi connectivity index (χ1) is 7.81. The predicted octanol–water partition coefficient (Wildman–Crippen LogP) is 2.23. The lowest BCUT2D eigenvalue weighted by Crippen LogP contribution is -2.09. The van der Waals surface area contributed by atoms with Gasteiger partial charge in [-0.1, -0.05) is 12.8 Å². The van der Waals surface area contributed by atoms with Gasteiger partial charge in [-0.15, -0.1) is 0 Å². The van der Waals surface area contributed by atoms with E-state index >= 15 is 0 Å². The van der Waals surface area contributed by atoms with Gasteiger partial charge in [0.15, 0.2) is 0 Å². The van der Waals surface area contributed by atoms with E-state index in [2.05, 4.69) is 16.6 Å². The summed E-state index contributed by atoms with van der Waals surface area (Å²) >= 11 is 0. The molecule has 1 heterocycles. The average molecular weight is 221 g/mol. The highest BCUT2D eigenvalue weighted by Crippen LogP contribution is 2.35. The Labute approximate surface area is 98.2 Å². The molecule has 1 aromatic heterocycles. The van der Waals surface area contributed by atoms with Crippen LogP contribution in [0.4, 0.5) is 0 Å². The molecular formula is C13H23N3. The molecule has 16 heavy (non-hydrogen) atoms. The van der Waals surface area contributed by atoms with E-state index in [-0.39, 0.29) is 0 Å². The molecule has 1 aliphatic rings. The first-order valence-corrected chi connectivity index (χ1v) is 6.48. The van der Waals surface area contributed by atoms with Gasteiger partial charge in [-0.3, -0.25) is 4.68 Å². The Morgan fingerprint density at radius 3 is 2.88 bits per heavy atom. The highest BCUT2D eigenvalue weighted by molar-refractivity contribution is 5.23. The minimum atomic E-state index is 0.790. The lowest BCUT2D eigenvalue weighted by atomic mass is 9.96. The van der Waals surface area contributed by atoms with Crippen LogP contribution >= 0.6 is 0 Å². The third-order valence-electron chi connectivity index (χ3n) is 3.57. The van der Waals surface area contributed by atoms with Crippen LogP contribution in [-0.4, -0.2) is 23.4 Å². The van der Waals surface area contributed by atoms with Gasteiger partial charge in [0.05, 0.1) is 5.69 Å². The van der Waals surface area contributed by atoms with Gasteiger partial charge in [-0.25, -0.2) is 0 Å². The van der Waals surface area contributed by atoms with E-state index in [0.29, 0.717) is 0 Å². The van der Waals surface area contributed by atoms with Crippen LogP contribution in [0.2, 0.25) is 0 Å². The Hall–Kier alpha value is -0.830. The van der Waals surface area contributed by atoms with Crippen LogP contribution < -0.4 is 5.32 Å². The molecule has 0 radical (unpaired) electrons. The van der Waals surface area contributed by atoms with Gasteiger partial charge in [0.1, 0.15) is 0 Å². The Balaban J connectivity index is 2.04. The molecule has 0 amide bonds.